The molecule has 0 saturated heterocycles. The molecule has 0 fully saturated rings. The molecule has 1 aromatic heterocycles. The van der Waals surface area contributed by atoms with E-state index in [0.717, 1.165) is 11.5 Å². The fourth-order valence-corrected chi connectivity index (χ4v) is 4.41. The summed E-state index contributed by atoms with van der Waals surface area (Å²) in [5, 5.41) is 0. The first-order chi connectivity index (χ1) is 11.3. The molecule has 0 spiro atoms. The number of anilines is 3. The molecular weight excluding hydrogens is 296 g/mol. The summed E-state index contributed by atoms with van der Waals surface area (Å²) in [7, 11) is 0. The Labute approximate surface area is 144 Å². The van der Waals surface area contributed by atoms with Gasteiger partial charge in [-0.1, -0.05) is 45.9 Å². The Morgan fingerprint density at radius 1 is 1.04 bits per heavy atom. The minimum Gasteiger partial charge on any atom is -0.344 e. The SMILES string of the molecule is CC(C)N1c2cncnc2N2c3ccccc3C(C)(C)C(C)(C)C21. The highest BCUT2D eigenvalue weighted by Gasteiger charge is 2.58. The van der Waals surface area contributed by atoms with E-state index in [0.29, 0.717) is 6.04 Å². The molecule has 4 heteroatoms. The van der Waals surface area contributed by atoms with Crippen molar-refractivity contribution in [3.05, 3.63) is 42.4 Å². The van der Waals surface area contributed by atoms with Crippen LogP contribution in [0.1, 0.15) is 47.1 Å². The van der Waals surface area contributed by atoms with Crippen LogP contribution in [0.15, 0.2) is 36.8 Å². The van der Waals surface area contributed by atoms with Gasteiger partial charge in [-0.2, -0.15) is 0 Å². The van der Waals surface area contributed by atoms with E-state index in [1.165, 1.54) is 11.3 Å². The van der Waals surface area contributed by atoms with Gasteiger partial charge in [0.2, 0.25) is 0 Å². The summed E-state index contributed by atoms with van der Waals surface area (Å²) in [6.45, 7) is 14.0. The minimum atomic E-state index is 0.0341. The Morgan fingerprint density at radius 3 is 2.46 bits per heavy atom. The Kier molecular flexibility index (Phi) is 3.03. The molecule has 1 atom stereocenters. The largest absolute Gasteiger partial charge is 0.344 e. The third-order valence-electron chi connectivity index (χ3n) is 6.34. The lowest BCUT2D eigenvalue weighted by molar-refractivity contribution is 0.137. The zero-order valence-corrected chi connectivity index (χ0v) is 15.4. The molecule has 2 aliphatic rings. The zero-order valence-electron chi connectivity index (χ0n) is 15.4. The van der Waals surface area contributed by atoms with Crippen molar-refractivity contribution in [2.45, 2.75) is 59.2 Å². The fourth-order valence-electron chi connectivity index (χ4n) is 4.41. The van der Waals surface area contributed by atoms with Gasteiger partial charge in [0.05, 0.1) is 6.20 Å². The molecular formula is C20H26N4. The summed E-state index contributed by atoms with van der Waals surface area (Å²) in [5.41, 5.74) is 3.88. The second kappa shape index (κ2) is 4.71. The summed E-state index contributed by atoms with van der Waals surface area (Å²) in [6.07, 6.45) is 3.86. The molecule has 1 unspecified atom stereocenters. The van der Waals surface area contributed by atoms with Gasteiger partial charge >= 0.3 is 0 Å². The molecule has 0 radical (unpaired) electrons. The number of rotatable bonds is 1. The van der Waals surface area contributed by atoms with E-state index in [1.807, 2.05) is 6.20 Å². The number of hydrogen-bond donors (Lipinski definition) is 0. The second-order valence-electron chi connectivity index (χ2n) is 8.34. The van der Waals surface area contributed by atoms with Crippen LogP contribution >= 0.6 is 0 Å². The second-order valence-corrected chi connectivity index (χ2v) is 8.34. The van der Waals surface area contributed by atoms with Crippen LogP contribution in [0.2, 0.25) is 0 Å². The molecule has 1 aromatic carbocycles. The van der Waals surface area contributed by atoms with Crippen molar-refractivity contribution in [1.29, 1.82) is 0 Å². The number of nitrogens with zero attached hydrogens (tertiary/aromatic N) is 4. The number of para-hydroxylation sites is 1. The van der Waals surface area contributed by atoms with Gasteiger partial charge in [0.25, 0.3) is 0 Å². The molecule has 4 nitrogen and oxygen atoms in total. The highest BCUT2D eigenvalue weighted by Crippen LogP contribution is 2.60. The topological polar surface area (TPSA) is 32.3 Å². The summed E-state index contributed by atoms with van der Waals surface area (Å²) in [4.78, 5) is 13.9. The third kappa shape index (κ3) is 1.69. The molecule has 3 heterocycles. The number of benzene rings is 1. The van der Waals surface area contributed by atoms with Crippen LogP contribution in [0.4, 0.5) is 17.2 Å². The van der Waals surface area contributed by atoms with Gasteiger partial charge in [0.15, 0.2) is 5.82 Å². The molecule has 0 saturated carbocycles. The van der Waals surface area contributed by atoms with Gasteiger partial charge in [-0.15, -0.1) is 0 Å². The molecule has 4 rings (SSSR count). The van der Waals surface area contributed by atoms with E-state index in [-0.39, 0.29) is 17.0 Å². The first-order valence-electron chi connectivity index (χ1n) is 8.75. The Morgan fingerprint density at radius 2 is 1.75 bits per heavy atom. The predicted molar refractivity (Wildman–Crippen MR) is 98.8 cm³/mol. The van der Waals surface area contributed by atoms with Crippen LogP contribution in [0.5, 0.6) is 0 Å². The number of hydrogen-bond acceptors (Lipinski definition) is 4. The summed E-state index contributed by atoms with van der Waals surface area (Å²) < 4.78 is 0. The van der Waals surface area contributed by atoms with E-state index >= 15 is 0 Å². The van der Waals surface area contributed by atoms with Gasteiger partial charge in [0.1, 0.15) is 18.2 Å². The first-order valence-corrected chi connectivity index (χ1v) is 8.75. The van der Waals surface area contributed by atoms with Crippen molar-refractivity contribution in [2.75, 3.05) is 9.80 Å². The smallest absolute Gasteiger partial charge is 0.161 e. The van der Waals surface area contributed by atoms with Crippen LogP contribution in [0.25, 0.3) is 0 Å². The van der Waals surface area contributed by atoms with Crippen LogP contribution in [0, 0.1) is 5.41 Å². The predicted octanol–water partition coefficient (Wildman–Crippen LogP) is 4.49. The van der Waals surface area contributed by atoms with Crippen LogP contribution in [0.3, 0.4) is 0 Å². The molecule has 2 aromatic rings. The third-order valence-corrected chi connectivity index (χ3v) is 6.34. The van der Waals surface area contributed by atoms with Crippen molar-refractivity contribution in [3.8, 4) is 0 Å². The molecule has 126 valence electrons. The van der Waals surface area contributed by atoms with E-state index in [4.69, 9.17) is 0 Å². The number of aromatic nitrogens is 2. The average Bonchev–Trinajstić information content (AvgIpc) is 2.90. The van der Waals surface area contributed by atoms with E-state index in [9.17, 15) is 0 Å². The normalized spacial score (nSPS) is 23.0. The Hall–Kier alpha value is -2.10. The summed E-state index contributed by atoms with van der Waals surface area (Å²) >= 11 is 0. The molecule has 0 bridgehead atoms. The van der Waals surface area contributed by atoms with E-state index < -0.39 is 0 Å². The molecule has 24 heavy (non-hydrogen) atoms. The van der Waals surface area contributed by atoms with Crippen LogP contribution in [-0.2, 0) is 5.41 Å². The lowest BCUT2D eigenvalue weighted by atomic mass is 9.59. The van der Waals surface area contributed by atoms with E-state index in [1.54, 1.807) is 6.33 Å². The van der Waals surface area contributed by atoms with E-state index in [2.05, 4.69) is 85.6 Å². The Bertz CT molecular complexity index is 794. The van der Waals surface area contributed by atoms with Crippen molar-refractivity contribution < 1.29 is 0 Å². The van der Waals surface area contributed by atoms with Crippen molar-refractivity contribution in [3.63, 3.8) is 0 Å². The summed E-state index contributed by atoms with van der Waals surface area (Å²) in [5.74, 6) is 1.03. The minimum absolute atomic E-state index is 0.0341. The van der Waals surface area contributed by atoms with Gasteiger partial charge in [0, 0.05) is 22.6 Å². The standard InChI is InChI=1S/C20H26N4/c1-13(2)23-16-11-21-12-22-17(16)24-15-10-8-7-9-14(15)19(3,4)20(5,6)18(23)24/h7-13,18H,1-6H3. The molecule has 0 amide bonds. The van der Waals surface area contributed by atoms with Gasteiger partial charge in [-0.25, -0.2) is 9.97 Å². The maximum atomic E-state index is 4.66. The number of fused-ring (bicyclic) bond motifs is 5. The summed E-state index contributed by atoms with van der Waals surface area (Å²) in [6, 6.07) is 9.16. The molecule has 0 aliphatic carbocycles. The van der Waals surface area contributed by atoms with Crippen molar-refractivity contribution in [1.82, 2.24) is 9.97 Å². The van der Waals surface area contributed by atoms with Gasteiger partial charge in [-0.3, -0.25) is 0 Å². The maximum absolute atomic E-state index is 4.66. The monoisotopic (exact) mass is 322 g/mol. The Balaban J connectivity index is 2.06. The lowest BCUT2D eigenvalue weighted by Crippen LogP contribution is -2.62. The van der Waals surface area contributed by atoms with Gasteiger partial charge < -0.3 is 9.80 Å². The van der Waals surface area contributed by atoms with Crippen LogP contribution in [-0.4, -0.2) is 22.2 Å². The zero-order chi connectivity index (χ0) is 17.3. The lowest BCUT2D eigenvalue weighted by Gasteiger charge is -2.57. The fraction of sp³-hybridized carbons (Fsp3) is 0.500. The van der Waals surface area contributed by atoms with Crippen molar-refractivity contribution >= 4 is 17.2 Å². The molecule has 0 N–H and O–H groups in total. The quantitative estimate of drug-likeness (QED) is 0.774. The maximum Gasteiger partial charge on any atom is 0.161 e. The van der Waals surface area contributed by atoms with Crippen LogP contribution < -0.4 is 9.80 Å². The van der Waals surface area contributed by atoms with Gasteiger partial charge in [-0.05, 0) is 25.5 Å². The highest BCUT2D eigenvalue weighted by atomic mass is 15.5. The highest BCUT2D eigenvalue weighted by molar-refractivity contribution is 5.84. The van der Waals surface area contributed by atoms with Crippen molar-refractivity contribution in [2.24, 2.45) is 5.41 Å². The molecule has 2 aliphatic heterocycles. The average molecular weight is 322 g/mol. The first kappa shape index (κ1) is 15.4.